The van der Waals surface area contributed by atoms with E-state index in [-0.39, 0.29) is 31.4 Å². The minimum atomic E-state index is -3.59. The van der Waals surface area contributed by atoms with Crippen molar-refractivity contribution < 1.29 is 17.6 Å². The first kappa shape index (κ1) is 20.1. The molecule has 0 aliphatic carbocycles. The highest BCUT2D eigenvalue weighted by Gasteiger charge is 2.21. The van der Waals surface area contributed by atoms with Crippen LogP contribution in [0.1, 0.15) is 24.1 Å². The Hall–Kier alpha value is -2.25. The molecule has 2 aromatic rings. The van der Waals surface area contributed by atoms with Crippen LogP contribution in [0.2, 0.25) is 0 Å². The molecule has 7 heteroatoms. The minimum Gasteiger partial charge on any atom is -0.348 e. The van der Waals surface area contributed by atoms with Crippen LogP contribution >= 0.6 is 0 Å². The van der Waals surface area contributed by atoms with Gasteiger partial charge in [-0.3, -0.25) is 4.79 Å². The van der Waals surface area contributed by atoms with E-state index in [2.05, 4.69) is 5.32 Å². The average Bonchev–Trinajstić information content (AvgIpc) is 2.59. The van der Waals surface area contributed by atoms with Gasteiger partial charge >= 0.3 is 0 Å². The van der Waals surface area contributed by atoms with Crippen molar-refractivity contribution in [1.29, 1.82) is 0 Å². The zero-order chi connectivity index (χ0) is 19.2. The summed E-state index contributed by atoms with van der Waals surface area (Å²) in [6.07, 6.45) is 1.24. The lowest BCUT2D eigenvalue weighted by atomic mass is 10.1. The highest BCUT2D eigenvalue weighted by molar-refractivity contribution is 7.88. The Morgan fingerprint density at radius 1 is 1.12 bits per heavy atom. The number of nitrogens with one attached hydrogen (secondary N) is 1. The van der Waals surface area contributed by atoms with Crippen LogP contribution in [0, 0.1) is 5.82 Å². The van der Waals surface area contributed by atoms with E-state index in [1.54, 1.807) is 18.2 Å². The highest BCUT2D eigenvalue weighted by atomic mass is 32.2. The third kappa shape index (κ3) is 5.93. The Morgan fingerprint density at radius 2 is 1.73 bits per heavy atom. The van der Waals surface area contributed by atoms with Crippen molar-refractivity contribution in [2.75, 3.05) is 19.3 Å². The van der Waals surface area contributed by atoms with E-state index in [4.69, 9.17) is 0 Å². The van der Waals surface area contributed by atoms with Gasteiger partial charge in [0.25, 0.3) is 0 Å². The summed E-state index contributed by atoms with van der Waals surface area (Å²) in [5, 5.41) is 2.79. The first-order chi connectivity index (χ1) is 12.3. The molecule has 1 atom stereocenters. The summed E-state index contributed by atoms with van der Waals surface area (Å²) in [6.45, 7) is 1.56. The summed E-state index contributed by atoms with van der Waals surface area (Å²) in [6, 6.07) is 15.4. The molecule has 26 heavy (non-hydrogen) atoms. The number of carbonyl (C=O) groups is 1. The van der Waals surface area contributed by atoms with Gasteiger partial charge < -0.3 is 5.32 Å². The van der Waals surface area contributed by atoms with Gasteiger partial charge in [0, 0.05) is 6.54 Å². The molecule has 0 spiro atoms. The van der Waals surface area contributed by atoms with Gasteiger partial charge in [0.05, 0.1) is 18.8 Å². The van der Waals surface area contributed by atoms with Crippen LogP contribution in [0.5, 0.6) is 0 Å². The predicted molar refractivity (Wildman–Crippen MR) is 99.5 cm³/mol. The van der Waals surface area contributed by atoms with Crippen LogP contribution in [-0.4, -0.2) is 38.0 Å². The number of sulfonamides is 1. The molecule has 0 radical (unpaired) electrons. The van der Waals surface area contributed by atoms with Crippen molar-refractivity contribution in [2.24, 2.45) is 0 Å². The van der Waals surface area contributed by atoms with Crippen LogP contribution in [0.4, 0.5) is 4.39 Å². The average molecular weight is 378 g/mol. The van der Waals surface area contributed by atoms with E-state index in [1.165, 1.54) is 6.07 Å². The summed E-state index contributed by atoms with van der Waals surface area (Å²) < 4.78 is 38.7. The monoisotopic (exact) mass is 378 g/mol. The van der Waals surface area contributed by atoms with Gasteiger partial charge in [0.2, 0.25) is 15.9 Å². The van der Waals surface area contributed by atoms with E-state index in [9.17, 15) is 17.6 Å². The van der Waals surface area contributed by atoms with Crippen LogP contribution in [0.25, 0.3) is 0 Å². The highest BCUT2D eigenvalue weighted by Crippen LogP contribution is 2.12. The van der Waals surface area contributed by atoms with E-state index in [0.29, 0.717) is 5.56 Å². The lowest BCUT2D eigenvalue weighted by Gasteiger charge is -2.21. The Balaban J connectivity index is 1.99. The summed E-state index contributed by atoms with van der Waals surface area (Å²) in [5.74, 6) is -0.789. The number of hydrogen-bond acceptors (Lipinski definition) is 3. The topological polar surface area (TPSA) is 66.5 Å². The fraction of sp³-hybridized carbons (Fsp3) is 0.316. The number of hydrogen-bond donors (Lipinski definition) is 1. The van der Waals surface area contributed by atoms with Gasteiger partial charge in [-0.05, 0) is 30.5 Å². The number of rotatable bonds is 8. The number of carbonyl (C=O) groups excluding carboxylic acids is 1. The maximum atomic E-state index is 13.7. The third-order valence-corrected chi connectivity index (χ3v) is 5.30. The lowest BCUT2D eigenvalue weighted by molar-refractivity contribution is -0.121. The zero-order valence-electron chi connectivity index (χ0n) is 14.9. The van der Waals surface area contributed by atoms with Crippen molar-refractivity contribution in [3.8, 4) is 0 Å². The van der Waals surface area contributed by atoms with Crippen molar-refractivity contribution in [2.45, 2.75) is 19.4 Å². The molecule has 1 unspecified atom stereocenters. The number of benzene rings is 2. The van der Waals surface area contributed by atoms with Gasteiger partial charge in [-0.15, -0.1) is 0 Å². The molecule has 0 saturated heterocycles. The van der Waals surface area contributed by atoms with Gasteiger partial charge in [0.15, 0.2) is 0 Å². The second-order valence-corrected chi connectivity index (χ2v) is 8.12. The number of halogens is 1. The molecule has 1 N–H and O–H groups in total. The largest absolute Gasteiger partial charge is 0.348 e. The summed E-state index contributed by atoms with van der Waals surface area (Å²) in [5.41, 5.74) is 1.34. The smallest absolute Gasteiger partial charge is 0.235 e. The molecule has 0 aliphatic rings. The quantitative estimate of drug-likeness (QED) is 0.768. The van der Waals surface area contributed by atoms with Gasteiger partial charge in [-0.2, -0.15) is 4.31 Å². The summed E-state index contributed by atoms with van der Waals surface area (Å²) in [7, 11) is -3.59. The minimum absolute atomic E-state index is 0.0346. The van der Waals surface area contributed by atoms with E-state index < -0.39 is 15.9 Å². The fourth-order valence-electron chi connectivity index (χ4n) is 2.58. The molecule has 0 bridgehead atoms. The fourth-order valence-corrected chi connectivity index (χ4v) is 3.36. The molecule has 140 valence electrons. The molecule has 0 aliphatic heterocycles. The normalized spacial score (nSPS) is 12.8. The van der Waals surface area contributed by atoms with Crippen molar-refractivity contribution in [1.82, 2.24) is 9.62 Å². The van der Waals surface area contributed by atoms with Gasteiger partial charge in [-0.25, -0.2) is 12.8 Å². The lowest BCUT2D eigenvalue weighted by Crippen LogP contribution is -2.41. The maximum Gasteiger partial charge on any atom is 0.235 e. The van der Waals surface area contributed by atoms with E-state index in [0.717, 1.165) is 16.1 Å². The zero-order valence-corrected chi connectivity index (χ0v) is 15.7. The van der Waals surface area contributed by atoms with E-state index in [1.807, 2.05) is 37.3 Å². The summed E-state index contributed by atoms with van der Waals surface area (Å²) in [4.78, 5) is 12.3. The third-order valence-electron chi connectivity index (χ3n) is 4.05. The van der Waals surface area contributed by atoms with E-state index >= 15 is 0 Å². The maximum absolute atomic E-state index is 13.7. The molecular formula is C19H23FN2O3S. The molecule has 5 nitrogen and oxygen atoms in total. The van der Waals surface area contributed by atoms with Crippen LogP contribution in [0.3, 0.4) is 0 Å². The van der Waals surface area contributed by atoms with Gasteiger partial charge in [0.1, 0.15) is 5.82 Å². The van der Waals surface area contributed by atoms with Crippen LogP contribution in [0.15, 0.2) is 54.6 Å². The number of amides is 1. The molecule has 0 aromatic heterocycles. The first-order valence-electron chi connectivity index (χ1n) is 8.30. The van der Waals surface area contributed by atoms with Crippen molar-refractivity contribution >= 4 is 15.9 Å². The molecular weight excluding hydrogens is 355 g/mol. The molecule has 1 amide bonds. The molecule has 0 saturated carbocycles. The van der Waals surface area contributed by atoms with Crippen molar-refractivity contribution in [3.05, 3.63) is 71.5 Å². The van der Waals surface area contributed by atoms with Crippen LogP contribution < -0.4 is 5.32 Å². The molecule has 0 heterocycles. The van der Waals surface area contributed by atoms with Crippen LogP contribution in [-0.2, 0) is 21.2 Å². The Kier molecular flexibility index (Phi) is 6.88. The predicted octanol–water partition coefficient (Wildman–Crippen LogP) is 2.51. The Morgan fingerprint density at radius 3 is 2.35 bits per heavy atom. The van der Waals surface area contributed by atoms with Gasteiger partial charge in [-0.1, -0.05) is 48.5 Å². The Labute approximate surface area is 153 Å². The Bertz CT molecular complexity index is 841. The molecule has 0 fully saturated rings. The number of nitrogens with zero attached hydrogens (tertiary/aromatic N) is 1. The second kappa shape index (κ2) is 8.91. The van der Waals surface area contributed by atoms with Crippen molar-refractivity contribution in [3.63, 3.8) is 0 Å². The first-order valence-corrected chi connectivity index (χ1v) is 10.1. The second-order valence-electron chi connectivity index (χ2n) is 6.14. The summed E-state index contributed by atoms with van der Waals surface area (Å²) >= 11 is 0. The SMILES string of the molecule is CC(NC(=O)CN(CCc1ccccc1F)S(C)(=O)=O)c1ccccc1. The molecule has 2 aromatic carbocycles. The standard InChI is InChI=1S/C19H23FN2O3S/c1-15(16-8-4-3-5-9-16)21-19(23)14-22(26(2,24)25)13-12-17-10-6-7-11-18(17)20/h3-11,15H,12-14H2,1-2H3,(H,21,23). The molecule has 2 rings (SSSR count).